The van der Waals surface area contributed by atoms with Gasteiger partial charge in [0.05, 0.1) is 7.05 Å². The molecule has 1 aromatic rings. The second kappa shape index (κ2) is 3.73. The molecule has 1 N–H and O–H groups in total. The lowest BCUT2D eigenvalue weighted by atomic mass is 10.0. The Bertz CT molecular complexity index is 505. The van der Waals surface area contributed by atoms with Crippen LogP contribution in [-0.2, 0) is 13.5 Å². The van der Waals surface area contributed by atoms with Crippen LogP contribution in [0.2, 0.25) is 0 Å². The first-order valence-corrected chi connectivity index (χ1v) is 5.39. The summed E-state index contributed by atoms with van der Waals surface area (Å²) in [5.41, 5.74) is -0.534. The maximum Gasteiger partial charge on any atom is 0.352 e. The van der Waals surface area contributed by atoms with Gasteiger partial charge in [0.2, 0.25) is 0 Å². The Morgan fingerprint density at radius 1 is 1.62 bits per heavy atom. The molecule has 5 heteroatoms. The largest absolute Gasteiger partial charge is 0.477 e. The number of rotatable bonds is 1. The lowest BCUT2D eigenvalue weighted by Gasteiger charge is -2.19. The normalized spacial score (nSPS) is 19.2. The molecule has 0 spiro atoms. The van der Waals surface area contributed by atoms with E-state index in [9.17, 15) is 9.59 Å². The summed E-state index contributed by atoms with van der Waals surface area (Å²) in [7, 11) is 1.79. The molecule has 2 rings (SSSR count). The van der Waals surface area contributed by atoms with Gasteiger partial charge in [-0.15, -0.1) is 0 Å². The summed E-state index contributed by atoms with van der Waals surface area (Å²) in [6, 6.07) is 0.0850. The van der Waals surface area contributed by atoms with Crippen LogP contribution in [0.4, 0.5) is 0 Å². The summed E-state index contributed by atoms with van der Waals surface area (Å²) in [4.78, 5) is 22.9. The van der Waals surface area contributed by atoms with Crippen LogP contribution in [0.3, 0.4) is 0 Å². The van der Waals surface area contributed by atoms with Crippen molar-refractivity contribution in [1.29, 1.82) is 0 Å². The molecule has 16 heavy (non-hydrogen) atoms. The van der Waals surface area contributed by atoms with Crippen LogP contribution in [0.15, 0.2) is 11.0 Å². The van der Waals surface area contributed by atoms with E-state index in [1.165, 1.54) is 6.20 Å². The minimum atomic E-state index is -1.16. The summed E-state index contributed by atoms with van der Waals surface area (Å²) in [6.07, 6.45) is 4.21. The number of carbonyl (C=O) groups is 1. The highest BCUT2D eigenvalue weighted by molar-refractivity contribution is 5.86. The van der Waals surface area contributed by atoms with E-state index in [4.69, 9.17) is 5.11 Å². The van der Waals surface area contributed by atoms with Crippen molar-refractivity contribution < 1.29 is 14.5 Å². The van der Waals surface area contributed by atoms with Gasteiger partial charge in [-0.3, -0.25) is 0 Å². The highest BCUT2D eigenvalue weighted by atomic mass is 16.4. The van der Waals surface area contributed by atoms with E-state index in [2.05, 4.69) is 0 Å². The molecule has 0 bridgehead atoms. The van der Waals surface area contributed by atoms with Crippen molar-refractivity contribution >= 4 is 5.97 Å². The second-order valence-electron chi connectivity index (χ2n) is 4.29. The molecular formula is C11H15N2O3+. The second-order valence-corrected chi connectivity index (χ2v) is 4.29. The van der Waals surface area contributed by atoms with E-state index in [1.807, 2.05) is 6.92 Å². The lowest BCUT2D eigenvalue weighted by molar-refractivity contribution is -0.685. The van der Waals surface area contributed by atoms with Crippen LogP contribution in [0.5, 0.6) is 0 Å². The van der Waals surface area contributed by atoms with Gasteiger partial charge < -0.3 is 5.11 Å². The van der Waals surface area contributed by atoms with Crippen LogP contribution in [0.25, 0.3) is 0 Å². The van der Waals surface area contributed by atoms with Gasteiger partial charge in [0.1, 0.15) is 12.2 Å². The van der Waals surface area contributed by atoms with Crippen LogP contribution < -0.4 is 10.1 Å². The third-order valence-electron chi connectivity index (χ3n) is 3.15. The fourth-order valence-corrected chi connectivity index (χ4v) is 2.32. The Kier molecular flexibility index (Phi) is 2.53. The van der Waals surface area contributed by atoms with Crippen molar-refractivity contribution in [2.45, 2.75) is 32.2 Å². The maximum absolute atomic E-state index is 12.0. The molecule has 1 aliphatic rings. The van der Waals surface area contributed by atoms with E-state index in [0.29, 0.717) is 0 Å². The zero-order chi connectivity index (χ0) is 11.9. The van der Waals surface area contributed by atoms with Crippen LogP contribution >= 0.6 is 0 Å². The number of aromatic nitrogens is 2. The Balaban J connectivity index is 2.75. The Labute approximate surface area is 93.0 Å². The van der Waals surface area contributed by atoms with E-state index in [-0.39, 0.29) is 17.2 Å². The molecule has 1 unspecified atom stereocenters. The number of hydrogen-bond donors (Lipinski definition) is 1. The van der Waals surface area contributed by atoms with Crippen molar-refractivity contribution in [3.8, 4) is 0 Å². The number of aromatic carboxylic acids is 1. The predicted octanol–water partition coefficient (Wildman–Crippen LogP) is 0.268. The average molecular weight is 223 g/mol. The topological polar surface area (TPSA) is 63.2 Å². The molecule has 86 valence electrons. The minimum absolute atomic E-state index is 0.0850. The quantitative estimate of drug-likeness (QED) is 0.695. The summed E-state index contributed by atoms with van der Waals surface area (Å²) in [5.74, 6) is -0.248. The van der Waals surface area contributed by atoms with E-state index in [0.717, 1.165) is 25.1 Å². The molecule has 0 saturated carbocycles. The molecule has 0 saturated heterocycles. The zero-order valence-electron chi connectivity index (χ0n) is 9.43. The average Bonchev–Trinajstić information content (AvgIpc) is 2.22. The van der Waals surface area contributed by atoms with Crippen LogP contribution in [-0.4, -0.2) is 15.6 Å². The maximum atomic E-state index is 12.0. The SMILES string of the molecule is CC1CCCc2n1c(=O)c(C(=O)O)c[n+]2C. The molecule has 1 aromatic heterocycles. The Morgan fingerprint density at radius 3 is 2.94 bits per heavy atom. The van der Waals surface area contributed by atoms with Crippen molar-refractivity contribution in [2.24, 2.45) is 7.05 Å². The van der Waals surface area contributed by atoms with Gasteiger partial charge in [0.15, 0.2) is 5.56 Å². The van der Waals surface area contributed by atoms with Crippen molar-refractivity contribution in [3.63, 3.8) is 0 Å². The standard InChI is InChI=1S/C11H14N2O3/c1-7-4-3-5-9-12(2)6-8(11(15)16)10(14)13(7)9/h6-7H,3-5H2,1-2H3/p+1. The molecule has 0 fully saturated rings. The van der Waals surface area contributed by atoms with E-state index in [1.54, 1.807) is 16.2 Å². The highest BCUT2D eigenvalue weighted by Crippen LogP contribution is 2.19. The third-order valence-corrected chi connectivity index (χ3v) is 3.15. The molecule has 1 atom stereocenters. The number of carboxylic acids is 1. The molecule has 0 aromatic carbocycles. The molecule has 2 heterocycles. The summed E-state index contributed by atoms with van der Waals surface area (Å²) >= 11 is 0. The monoisotopic (exact) mass is 223 g/mol. The van der Waals surface area contributed by atoms with Crippen LogP contribution in [0.1, 0.15) is 42.0 Å². The van der Waals surface area contributed by atoms with Gasteiger partial charge in [0.25, 0.3) is 5.82 Å². The third kappa shape index (κ3) is 1.52. The molecule has 0 amide bonds. The molecule has 1 aliphatic heterocycles. The van der Waals surface area contributed by atoms with E-state index < -0.39 is 5.97 Å². The molecule has 5 nitrogen and oxygen atoms in total. The van der Waals surface area contributed by atoms with Gasteiger partial charge in [0, 0.05) is 6.42 Å². The molecule has 0 aliphatic carbocycles. The fourth-order valence-electron chi connectivity index (χ4n) is 2.32. The lowest BCUT2D eigenvalue weighted by Crippen LogP contribution is -2.47. The molecule has 0 radical (unpaired) electrons. The smallest absolute Gasteiger partial charge is 0.352 e. The summed E-state index contributed by atoms with van der Waals surface area (Å²) in [5, 5.41) is 8.95. The highest BCUT2D eigenvalue weighted by Gasteiger charge is 2.30. The number of aryl methyl sites for hydroxylation is 1. The zero-order valence-corrected chi connectivity index (χ0v) is 9.43. The van der Waals surface area contributed by atoms with Gasteiger partial charge in [-0.2, -0.15) is 4.57 Å². The van der Waals surface area contributed by atoms with Gasteiger partial charge in [-0.1, -0.05) is 0 Å². The fraction of sp³-hybridized carbons (Fsp3) is 0.545. The minimum Gasteiger partial charge on any atom is -0.477 e. The molecular weight excluding hydrogens is 208 g/mol. The van der Waals surface area contributed by atoms with Gasteiger partial charge >= 0.3 is 11.5 Å². The summed E-state index contributed by atoms with van der Waals surface area (Å²) in [6.45, 7) is 1.95. The Morgan fingerprint density at radius 2 is 2.31 bits per heavy atom. The van der Waals surface area contributed by atoms with Gasteiger partial charge in [-0.25, -0.2) is 14.2 Å². The van der Waals surface area contributed by atoms with Crippen LogP contribution in [0, 0.1) is 0 Å². The first kappa shape index (κ1) is 10.9. The van der Waals surface area contributed by atoms with Crippen molar-refractivity contribution in [2.75, 3.05) is 0 Å². The number of hydrogen-bond acceptors (Lipinski definition) is 2. The Hall–Kier alpha value is -1.65. The van der Waals surface area contributed by atoms with Gasteiger partial charge in [-0.05, 0) is 19.8 Å². The van der Waals surface area contributed by atoms with Crippen molar-refractivity contribution in [3.05, 3.63) is 27.9 Å². The summed E-state index contributed by atoms with van der Waals surface area (Å²) < 4.78 is 3.37. The number of carboxylic acid groups (broad SMARTS) is 1. The van der Waals surface area contributed by atoms with E-state index >= 15 is 0 Å². The predicted molar refractivity (Wildman–Crippen MR) is 56.5 cm³/mol. The first-order valence-electron chi connectivity index (χ1n) is 5.39. The number of nitrogens with zero attached hydrogens (tertiary/aromatic N) is 2. The number of fused-ring (bicyclic) bond motifs is 1. The first-order chi connectivity index (χ1) is 7.52. The van der Waals surface area contributed by atoms with Crippen molar-refractivity contribution in [1.82, 2.24) is 4.57 Å².